The number of guanidine groups is 1. The van der Waals surface area contributed by atoms with Gasteiger partial charge in [-0.1, -0.05) is 24.3 Å². The number of likely N-dealkylation sites (tertiary alicyclic amines) is 1. The number of nitrogens with one attached hydrogen (secondary N) is 1. The van der Waals surface area contributed by atoms with Crippen molar-refractivity contribution >= 4 is 11.6 Å². The highest BCUT2D eigenvalue weighted by molar-refractivity contribution is 5.93. The van der Waals surface area contributed by atoms with Crippen molar-refractivity contribution in [3.63, 3.8) is 0 Å². The van der Waals surface area contributed by atoms with Gasteiger partial charge in [0.1, 0.15) is 0 Å². The minimum absolute atomic E-state index is 0.609. The van der Waals surface area contributed by atoms with Gasteiger partial charge in [-0.05, 0) is 49.9 Å². The Morgan fingerprint density at radius 3 is 2.61 bits per heavy atom. The van der Waals surface area contributed by atoms with Crippen LogP contribution in [-0.2, 0) is 6.54 Å². The zero-order valence-corrected chi connectivity index (χ0v) is 13.7. The van der Waals surface area contributed by atoms with E-state index in [4.69, 9.17) is 4.99 Å². The molecule has 1 aliphatic rings. The molecule has 1 aliphatic heterocycles. The highest BCUT2D eigenvalue weighted by atomic mass is 15.3. The molecule has 0 bridgehead atoms. The number of aromatic nitrogens is 1. The minimum Gasteiger partial charge on any atom is -0.343 e. The van der Waals surface area contributed by atoms with Crippen molar-refractivity contribution in [2.75, 3.05) is 18.4 Å². The smallest absolute Gasteiger partial charge is 0.198 e. The third-order valence-electron chi connectivity index (χ3n) is 4.18. The summed E-state index contributed by atoms with van der Waals surface area (Å²) in [6.45, 7) is 4.83. The van der Waals surface area contributed by atoms with E-state index in [9.17, 15) is 0 Å². The molecule has 0 spiro atoms. The summed E-state index contributed by atoms with van der Waals surface area (Å²) in [7, 11) is 0. The molecule has 0 saturated carbocycles. The summed E-state index contributed by atoms with van der Waals surface area (Å²) in [4.78, 5) is 11.6. The van der Waals surface area contributed by atoms with E-state index in [2.05, 4.69) is 40.3 Å². The van der Waals surface area contributed by atoms with Crippen molar-refractivity contribution in [1.82, 2.24) is 9.88 Å². The first-order valence-electron chi connectivity index (χ1n) is 8.35. The maximum absolute atomic E-state index is 4.84. The lowest BCUT2D eigenvalue weighted by Gasteiger charge is -2.30. The first-order chi connectivity index (χ1) is 11.3. The molecule has 1 fully saturated rings. The molecule has 4 heteroatoms. The number of rotatable bonds is 3. The number of hydrogen-bond acceptors (Lipinski definition) is 2. The average molecular weight is 308 g/mol. The molecule has 3 rings (SSSR count). The molecule has 0 unspecified atom stereocenters. The normalized spacial score (nSPS) is 15.5. The van der Waals surface area contributed by atoms with Gasteiger partial charge in [-0.3, -0.25) is 4.98 Å². The zero-order valence-electron chi connectivity index (χ0n) is 13.7. The fraction of sp³-hybridized carbons (Fsp3) is 0.368. The van der Waals surface area contributed by atoms with Crippen LogP contribution in [0.25, 0.3) is 0 Å². The summed E-state index contributed by atoms with van der Waals surface area (Å²) in [6.07, 6.45) is 5.62. The van der Waals surface area contributed by atoms with Crippen LogP contribution < -0.4 is 5.32 Å². The molecular weight excluding hydrogens is 284 g/mol. The lowest BCUT2D eigenvalue weighted by molar-refractivity contribution is 0.340. The number of benzene rings is 1. The highest BCUT2D eigenvalue weighted by Crippen LogP contribution is 2.14. The Hall–Kier alpha value is -2.36. The molecule has 1 saturated heterocycles. The first kappa shape index (κ1) is 15.5. The number of pyridine rings is 1. The van der Waals surface area contributed by atoms with Crippen LogP contribution in [0.2, 0.25) is 0 Å². The molecule has 0 atom stereocenters. The number of aryl methyl sites for hydroxylation is 1. The quantitative estimate of drug-likeness (QED) is 0.692. The van der Waals surface area contributed by atoms with E-state index in [-0.39, 0.29) is 0 Å². The standard InChI is InChI=1S/C19H24N4/c1-16-9-8-12-20-18(16)15-21-19(23-13-6-3-7-14-23)22-17-10-4-2-5-11-17/h2,4-5,8-12H,3,6-7,13-15H2,1H3,(H,21,22). The van der Waals surface area contributed by atoms with Gasteiger partial charge in [0.25, 0.3) is 0 Å². The van der Waals surface area contributed by atoms with Gasteiger partial charge in [-0.15, -0.1) is 0 Å². The van der Waals surface area contributed by atoms with E-state index >= 15 is 0 Å². The Bertz CT molecular complexity index is 645. The SMILES string of the molecule is Cc1cccnc1CN=C(Nc1ccccc1)N1CCCCC1. The van der Waals surface area contributed by atoms with Gasteiger partial charge in [0.2, 0.25) is 0 Å². The number of para-hydroxylation sites is 1. The second-order valence-corrected chi connectivity index (χ2v) is 5.95. The van der Waals surface area contributed by atoms with E-state index in [1.54, 1.807) is 0 Å². The van der Waals surface area contributed by atoms with E-state index in [1.165, 1.54) is 24.8 Å². The van der Waals surface area contributed by atoms with E-state index in [0.717, 1.165) is 30.4 Å². The second-order valence-electron chi connectivity index (χ2n) is 5.95. The van der Waals surface area contributed by atoms with Crippen LogP contribution in [0.3, 0.4) is 0 Å². The maximum Gasteiger partial charge on any atom is 0.198 e. The molecule has 0 radical (unpaired) electrons. The predicted octanol–water partition coefficient (Wildman–Crippen LogP) is 3.84. The largest absolute Gasteiger partial charge is 0.343 e. The Morgan fingerprint density at radius 1 is 1.09 bits per heavy atom. The monoisotopic (exact) mass is 308 g/mol. The molecule has 2 heterocycles. The summed E-state index contributed by atoms with van der Waals surface area (Å²) in [5.41, 5.74) is 3.31. The second kappa shape index (κ2) is 7.77. The topological polar surface area (TPSA) is 40.5 Å². The van der Waals surface area contributed by atoms with Crippen molar-refractivity contribution in [3.05, 3.63) is 59.9 Å². The van der Waals surface area contributed by atoms with E-state index in [1.807, 2.05) is 30.5 Å². The maximum atomic E-state index is 4.84. The van der Waals surface area contributed by atoms with Gasteiger partial charge in [-0.25, -0.2) is 4.99 Å². The Balaban J connectivity index is 1.79. The molecule has 0 aliphatic carbocycles. The van der Waals surface area contributed by atoms with Crippen molar-refractivity contribution in [2.24, 2.45) is 4.99 Å². The summed E-state index contributed by atoms with van der Waals surface area (Å²) in [6, 6.07) is 14.3. The van der Waals surface area contributed by atoms with Gasteiger partial charge >= 0.3 is 0 Å². The number of aliphatic imine (C=N–C) groups is 1. The number of piperidine rings is 1. The molecule has 4 nitrogen and oxygen atoms in total. The Labute approximate surface area is 138 Å². The van der Waals surface area contributed by atoms with Gasteiger partial charge in [0.05, 0.1) is 12.2 Å². The highest BCUT2D eigenvalue weighted by Gasteiger charge is 2.15. The first-order valence-corrected chi connectivity index (χ1v) is 8.35. The molecule has 0 amide bonds. The average Bonchev–Trinajstić information content (AvgIpc) is 2.61. The van der Waals surface area contributed by atoms with Gasteiger partial charge in [0.15, 0.2) is 5.96 Å². The van der Waals surface area contributed by atoms with Crippen LogP contribution in [0.15, 0.2) is 53.7 Å². The van der Waals surface area contributed by atoms with Gasteiger partial charge < -0.3 is 10.2 Å². The lowest BCUT2D eigenvalue weighted by Crippen LogP contribution is -2.40. The minimum atomic E-state index is 0.609. The summed E-state index contributed by atoms with van der Waals surface area (Å²) in [5.74, 6) is 0.959. The van der Waals surface area contributed by atoms with E-state index in [0.29, 0.717) is 6.54 Å². The van der Waals surface area contributed by atoms with Crippen molar-refractivity contribution in [2.45, 2.75) is 32.7 Å². The van der Waals surface area contributed by atoms with Gasteiger partial charge in [0, 0.05) is 25.0 Å². The van der Waals surface area contributed by atoms with Crippen molar-refractivity contribution in [1.29, 1.82) is 0 Å². The third kappa shape index (κ3) is 4.31. The Morgan fingerprint density at radius 2 is 1.87 bits per heavy atom. The molecule has 1 aromatic heterocycles. The third-order valence-corrected chi connectivity index (χ3v) is 4.18. The molecular formula is C19H24N4. The van der Waals surface area contributed by atoms with Crippen molar-refractivity contribution < 1.29 is 0 Å². The zero-order chi connectivity index (χ0) is 15.9. The summed E-state index contributed by atoms with van der Waals surface area (Å²) < 4.78 is 0. The number of hydrogen-bond donors (Lipinski definition) is 1. The van der Waals surface area contributed by atoms with Crippen LogP contribution in [-0.4, -0.2) is 28.9 Å². The number of nitrogens with zero attached hydrogens (tertiary/aromatic N) is 3. The van der Waals surface area contributed by atoms with Crippen LogP contribution >= 0.6 is 0 Å². The molecule has 1 N–H and O–H groups in total. The predicted molar refractivity (Wildman–Crippen MR) is 95.6 cm³/mol. The fourth-order valence-electron chi connectivity index (χ4n) is 2.81. The van der Waals surface area contributed by atoms with Crippen LogP contribution in [0, 0.1) is 6.92 Å². The fourth-order valence-corrected chi connectivity index (χ4v) is 2.81. The molecule has 23 heavy (non-hydrogen) atoms. The molecule has 1 aromatic carbocycles. The number of anilines is 1. The van der Waals surface area contributed by atoms with E-state index < -0.39 is 0 Å². The van der Waals surface area contributed by atoms with Crippen LogP contribution in [0.1, 0.15) is 30.5 Å². The summed E-state index contributed by atoms with van der Waals surface area (Å²) >= 11 is 0. The van der Waals surface area contributed by atoms with Gasteiger partial charge in [-0.2, -0.15) is 0 Å². The summed E-state index contributed by atoms with van der Waals surface area (Å²) in [5, 5.41) is 3.49. The molecule has 2 aromatic rings. The van der Waals surface area contributed by atoms with Crippen molar-refractivity contribution in [3.8, 4) is 0 Å². The Kier molecular flexibility index (Phi) is 5.25. The molecule has 120 valence electrons. The lowest BCUT2D eigenvalue weighted by atomic mass is 10.1. The van der Waals surface area contributed by atoms with Crippen LogP contribution in [0.5, 0.6) is 0 Å². The van der Waals surface area contributed by atoms with Crippen LogP contribution in [0.4, 0.5) is 5.69 Å².